The summed E-state index contributed by atoms with van der Waals surface area (Å²) in [5, 5.41) is 4.60. The first-order chi connectivity index (χ1) is 10.0. The molecule has 0 saturated carbocycles. The lowest BCUT2D eigenvalue weighted by atomic mass is 10.0. The van der Waals surface area contributed by atoms with E-state index in [0.29, 0.717) is 22.8 Å². The lowest BCUT2D eigenvalue weighted by Gasteiger charge is -2.12. The van der Waals surface area contributed by atoms with Crippen LogP contribution in [-0.2, 0) is 13.0 Å². The molecule has 0 unspecified atom stereocenters. The molecule has 0 fully saturated rings. The molecule has 0 saturated heterocycles. The molecule has 0 bridgehead atoms. The van der Waals surface area contributed by atoms with E-state index < -0.39 is 0 Å². The van der Waals surface area contributed by atoms with Gasteiger partial charge in [-0.3, -0.25) is 14.5 Å². The molecule has 0 aliphatic rings. The van der Waals surface area contributed by atoms with E-state index in [1.54, 1.807) is 23.1 Å². The van der Waals surface area contributed by atoms with Gasteiger partial charge in [-0.05, 0) is 32.1 Å². The number of pyridine rings is 1. The Labute approximate surface area is 129 Å². The van der Waals surface area contributed by atoms with Gasteiger partial charge < -0.3 is 4.90 Å². The third-order valence-electron chi connectivity index (χ3n) is 3.30. The molecule has 0 amide bonds. The van der Waals surface area contributed by atoms with Crippen LogP contribution in [0, 0.1) is 0 Å². The van der Waals surface area contributed by atoms with Crippen LogP contribution in [0.15, 0.2) is 24.7 Å². The standard InChI is InChI=1S/C15H19ClN4O/c1-4-11-9-17-6-5-12(11)15(21)14-13(16)10-18-20(14)8-7-19(2)3/h5-6,9-10H,4,7-8H2,1-3H3. The fraction of sp³-hybridized carbons (Fsp3) is 0.400. The minimum absolute atomic E-state index is 0.101. The second-order valence-electron chi connectivity index (χ2n) is 5.08. The van der Waals surface area contributed by atoms with Gasteiger partial charge in [0.25, 0.3) is 0 Å². The van der Waals surface area contributed by atoms with Crippen LogP contribution < -0.4 is 0 Å². The molecule has 0 aromatic carbocycles. The normalized spacial score (nSPS) is 11.1. The van der Waals surface area contributed by atoms with Gasteiger partial charge >= 0.3 is 0 Å². The average molecular weight is 307 g/mol. The Balaban J connectivity index is 2.37. The first-order valence-electron chi connectivity index (χ1n) is 6.88. The summed E-state index contributed by atoms with van der Waals surface area (Å²) in [6, 6.07) is 1.74. The molecule has 5 nitrogen and oxygen atoms in total. The van der Waals surface area contributed by atoms with Crippen molar-refractivity contribution in [3.05, 3.63) is 46.5 Å². The smallest absolute Gasteiger partial charge is 0.212 e. The minimum Gasteiger partial charge on any atom is -0.308 e. The number of hydrogen-bond donors (Lipinski definition) is 0. The van der Waals surface area contributed by atoms with Crippen LogP contribution in [0.2, 0.25) is 5.02 Å². The number of likely N-dealkylation sites (N-methyl/N-ethyl adjacent to an activating group) is 1. The van der Waals surface area contributed by atoms with Crippen molar-refractivity contribution in [1.29, 1.82) is 0 Å². The summed E-state index contributed by atoms with van der Waals surface area (Å²) in [5.74, 6) is -0.101. The molecule has 2 rings (SSSR count). The van der Waals surface area contributed by atoms with E-state index in [0.717, 1.165) is 18.5 Å². The number of carbonyl (C=O) groups excluding carboxylic acids is 1. The van der Waals surface area contributed by atoms with Crippen LogP contribution in [0.1, 0.15) is 28.5 Å². The van der Waals surface area contributed by atoms with Crippen molar-refractivity contribution in [3.63, 3.8) is 0 Å². The quantitative estimate of drug-likeness (QED) is 0.768. The monoisotopic (exact) mass is 306 g/mol. The van der Waals surface area contributed by atoms with Gasteiger partial charge in [0.15, 0.2) is 0 Å². The molecule has 0 spiro atoms. The number of ketones is 1. The Hall–Kier alpha value is -1.72. The maximum Gasteiger partial charge on any atom is 0.212 e. The number of aryl methyl sites for hydroxylation is 1. The molecule has 0 aliphatic carbocycles. The number of aromatic nitrogens is 3. The molecule has 21 heavy (non-hydrogen) atoms. The second-order valence-corrected chi connectivity index (χ2v) is 5.49. The summed E-state index contributed by atoms with van der Waals surface area (Å²) < 4.78 is 1.67. The number of hydrogen-bond acceptors (Lipinski definition) is 4. The van der Waals surface area contributed by atoms with E-state index in [9.17, 15) is 4.79 Å². The molecule has 0 N–H and O–H groups in total. The topological polar surface area (TPSA) is 51.0 Å². The Morgan fingerprint density at radius 3 is 2.81 bits per heavy atom. The van der Waals surface area contributed by atoms with Crippen molar-refractivity contribution in [1.82, 2.24) is 19.7 Å². The molecule has 2 heterocycles. The Morgan fingerprint density at radius 1 is 1.38 bits per heavy atom. The van der Waals surface area contributed by atoms with E-state index >= 15 is 0 Å². The summed E-state index contributed by atoms with van der Waals surface area (Å²) in [5.41, 5.74) is 2.00. The van der Waals surface area contributed by atoms with Gasteiger partial charge in [0, 0.05) is 24.5 Å². The fourth-order valence-corrected chi connectivity index (χ4v) is 2.34. The zero-order chi connectivity index (χ0) is 15.4. The molecule has 0 atom stereocenters. The molecule has 2 aromatic heterocycles. The van der Waals surface area contributed by atoms with Gasteiger partial charge in [0.1, 0.15) is 5.69 Å². The predicted molar refractivity (Wildman–Crippen MR) is 82.8 cm³/mol. The highest BCUT2D eigenvalue weighted by Gasteiger charge is 2.21. The van der Waals surface area contributed by atoms with Crippen molar-refractivity contribution < 1.29 is 4.79 Å². The van der Waals surface area contributed by atoms with Crippen molar-refractivity contribution in [3.8, 4) is 0 Å². The molecular formula is C15H19ClN4O. The Morgan fingerprint density at radius 2 is 2.14 bits per heavy atom. The predicted octanol–water partition coefficient (Wildman–Crippen LogP) is 2.29. The molecular weight excluding hydrogens is 288 g/mol. The van der Waals surface area contributed by atoms with Crippen LogP contribution in [0.5, 0.6) is 0 Å². The Kier molecular flexibility index (Phi) is 5.09. The summed E-state index contributed by atoms with van der Waals surface area (Å²) >= 11 is 6.17. The molecule has 0 radical (unpaired) electrons. The SMILES string of the molecule is CCc1cnccc1C(=O)c1c(Cl)cnn1CCN(C)C. The highest BCUT2D eigenvalue weighted by molar-refractivity contribution is 6.34. The lowest BCUT2D eigenvalue weighted by molar-refractivity contribution is 0.102. The summed E-state index contributed by atoms with van der Waals surface area (Å²) in [6.07, 6.45) is 5.62. The number of carbonyl (C=O) groups is 1. The first kappa shape index (κ1) is 15.7. The van der Waals surface area contributed by atoms with Gasteiger partial charge in [-0.1, -0.05) is 18.5 Å². The van der Waals surface area contributed by atoms with Crippen LogP contribution in [-0.4, -0.2) is 46.1 Å². The molecule has 6 heteroatoms. The third kappa shape index (κ3) is 3.49. The molecule has 2 aromatic rings. The van der Waals surface area contributed by atoms with Crippen LogP contribution >= 0.6 is 11.6 Å². The van der Waals surface area contributed by atoms with Crippen molar-refractivity contribution in [2.75, 3.05) is 20.6 Å². The summed E-state index contributed by atoms with van der Waals surface area (Å²) in [4.78, 5) is 18.9. The number of rotatable bonds is 6. The van der Waals surface area contributed by atoms with E-state index in [-0.39, 0.29) is 5.78 Å². The molecule has 112 valence electrons. The van der Waals surface area contributed by atoms with E-state index in [2.05, 4.69) is 10.1 Å². The van der Waals surface area contributed by atoms with E-state index in [1.807, 2.05) is 25.9 Å². The van der Waals surface area contributed by atoms with E-state index in [4.69, 9.17) is 11.6 Å². The second kappa shape index (κ2) is 6.83. The highest BCUT2D eigenvalue weighted by Crippen LogP contribution is 2.21. The largest absolute Gasteiger partial charge is 0.308 e. The minimum atomic E-state index is -0.101. The van der Waals surface area contributed by atoms with E-state index in [1.165, 1.54) is 6.20 Å². The maximum absolute atomic E-state index is 12.8. The van der Waals surface area contributed by atoms with Gasteiger partial charge in [0.2, 0.25) is 5.78 Å². The molecule has 0 aliphatic heterocycles. The van der Waals surface area contributed by atoms with Gasteiger partial charge in [-0.2, -0.15) is 5.10 Å². The van der Waals surface area contributed by atoms with Gasteiger partial charge in [-0.25, -0.2) is 0 Å². The van der Waals surface area contributed by atoms with Crippen LogP contribution in [0.4, 0.5) is 0 Å². The zero-order valence-electron chi connectivity index (χ0n) is 12.5. The van der Waals surface area contributed by atoms with Crippen molar-refractivity contribution in [2.24, 2.45) is 0 Å². The van der Waals surface area contributed by atoms with Gasteiger partial charge in [0.05, 0.1) is 17.8 Å². The summed E-state index contributed by atoms with van der Waals surface area (Å²) in [7, 11) is 3.95. The third-order valence-corrected chi connectivity index (χ3v) is 3.57. The maximum atomic E-state index is 12.8. The first-order valence-corrected chi connectivity index (χ1v) is 7.26. The van der Waals surface area contributed by atoms with Crippen molar-refractivity contribution >= 4 is 17.4 Å². The Bertz CT molecular complexity index is 636. The van der Waals surface area contributed by atoms with Crippen molar-refractivity contribution in [2.45, 2.75) is 19.9 Å². The zero-order valence-corrected chi connectivity index (χ0v) is 13.3. The number of halogens is 1. The fourth-order valence-electron chi connectivity index (χ4n) is 2.11. The van der Waals surface area contributed by atoms with Crippen LogP contribution in [0.25, 0.3) is 0 Å². The van der Waals surface area contributed by atoms with Gasteiger partial charge in [-0.15, -0.1) is 0 Å². The van der Waals surface area contributed by atoms with Crippen LogP contribution in [0.3, 0.4) is 0 Å². The average Bonchev–Trinajstić information content (AvgIpc) is 2.85. The summed E-state index contributed by atoms with van der Waals surface area (Å²) in [6.45, 7) is 3.40. The lowest BCUT2D eigenvalue weighted by Crippen LogP contribution is -2.22. The number of nitrogens with zero attached hydrogens (tertiary/aromatic N) is 4. The highest BCUT2D eigenvalue weighted by atomic mass is 35.5.